The Labute approximate surface area is 102 Å². The van der Waals surface area contributed by atoms with Crippen molar-refractivity contribution in [2.75, 3.05) is 25.0 Å². The standard InChI is InChI=1S/C14H19FN2/c1-10-3-2-4-12(15)14(10)16-13-6-8-17-7-5-11(13)9-17/h2-4,11,13,16H,5-9H2,1H3. The fourth-order valence-corrected chi connectivity index (χ4v) is 3.14. The molecule has 2 saturated heterocycles. The summed E-state index contributed by atoms with van der Waals surface area (Å²) in [5, 5.41) is 3.44. The van der Waals surface area contributed by atoms with Crippen LogP contribution in [0.1, 0.15) is 18.4 Å². The number of fused-ring (bicyclic) bond motifs is 2. The molecule has 0 spiro atoms. The van der Waals surface area contributed by atoms with Gasteiger partial charge >= 0.3 is 0 Å². The first-order valence-corrected chi connectivity index (χ1v) is 6.48. The zero-order valence-corrected chi connectivity index (χ0v) is 10.2. The Hall–Kier alpha value is -1.09. The molecule has 17 heavy (non-hydrogen) atoms. The van der Waals surface area contributed by atoms with Crippen molar-refractivity contribution in [3.05, 3.63) is 29.6 Å². The first kappa shape index (κ1) is 11.0. The van der Waals surface area contributed by atoms with Crippen LogP contribution in [-0.4, -0.2) is 30.6 Å². The van der Waals surface area contributed by atoms with Gasteiger partial charge in [-0.25, -0.2) is 4.39 Å². The summed E-state index contributed by atoms with van der Waals surface area (Å²) in [4.78, 5) is 2.51. The molecule has 1 N–H and O–H groups in total. The lowest BCUT2D eigenvalue weighted by Crippen LogP contribution is -2.39. The molecule has 3 atom stereocenters. The molecule has 2 aliphatic rings. The fourth-order valence-electron chi connectivity index (χ4n) is 3.14. The molecule has 2 fully saturated rings. The Morgan fingerprint density at radius 2 is 2.12 bits per heavy atom. The molecule has 0 amide bonds. The minimum atomic E-state index is -0.120. The van der Waals surface area contributed by atoms with Crippen molar-refractivity contribution >= 4 is 5.69 Å². The van der Waals surface area contributed by atoms with Gasteiger partial charge in [0.1, 0.15) is 5.82 Å². The van der Waals surface area contributed by atoms with Crippen molar-refractivity contribution in [3.63, 3.8) is 0 Å². The quantitative estimate of drug-likeness (QED) is 0.846. The summed E-state index contributed by atoms with van der Waals surface area (Å²) in [7, 11) is 0. The van der Waals surface area contributed by atoms with Crippen molar-refractivity contribution in [2.24, 2.45) is 5.92 Å². The molecule has 3 heteroatoms. The average molecular weight is 234 g/mol. The Balaban J connectivity index is 1.78. The number of piperidine rings is 1. The van der Waals surface area contributed by atoms with Gasteiger partial charge in [-0.2, -0.15) is 0 Å². The molecule has 2 bridgehead atoms. The van der Waals surface area contributed by atoms with Gasteiger partial charge in [0.2, 0.25) is 0 Å². The molecule has 0 saturated carbocycles. The largest absolute Gasteiger partial charge is 0.379 e. The molecule has 0 radical (unpaired) electrons. The molecular weight excluding hydrogens is 215 g/mol. The lowest BCUT2D eigenvalue weighted by molar-refractivity contribution is 0.254. The number of para-hydroxylation sites is 1. The summed E-state index contributed by atoms with van der Waals surface area (Å²) in [5.41, 5.74) is 1.71. The van der Waals surface area contributed by atoms with E-state index >= 15 is 0 Å². The van der Waals surface area contributed by atoms with Crippen LogP contribution >= 0.6 is 0 Å². The highest BCUT2D eigenvalue weighted by molar-refractivity contribution is 5.52. The maximum absolute atomic E-state index is 13.8. The smallest absolute Gasteiger partial charge is 0.146 e. The van der Waals surface area contributed by atoms with Gasteiger partial charge in [-0.3, -0.25) is 0 Å². The highest BCUT2D eigenvalue weighted by Crippen LogP contribution is 2.31. The van der Waals surface area contributed by atoms with Gasteiger partial charge in [0.15, 0.2) is 0 Å². The SMILES string of the molecule is Cc1cccc(F)c1NC1CCN2CCC1C2. The molecule has 2 heterocycles. The van der Waals surface area contributed by atoms with E-state index < -0.39 is 0 Å². The Morgan fingerprint density at radius 3 is 2.94 bits per heavy atom. The van der Waals surface area contributed by atoms with Crippen molar-refractivity contribution in [3.8, 4) is 0 Å². The number of anilines is 1. The van der Waals surface area contributed by atoms with E-state index in [4.69, 9.17) is 0 Å². The van der Waals surface area contributed by atoms with Crippen LogP contribution in [0.3, 0.4) is 0 Å². The second-order valence-electron chi connectivity index (χ2n) is 5.32. The average Bonchev–Trinajstić information content (AvgIpc) is 2.70. The number of aryl methyl sites for hydroxylation is 1. The maximum Gasteiger partial charge on any atom is 0.146 e. The van der Waals surface area contributed by atoms with E-state index in [-0.39, 0.29) is 5.82 Å². The molecule has 2 aliphatic heterocycles. The number of nitrogens with zero attached hydrogens (tertiary/aromatic N) is 1. The van der Waals surface area contributed by atoms with E-state index in [9.17, 15) is 4.39 Å². The van der Waals surface area contributed by atoms with Crippen LogP contribution in [0.5, 0.6) is 0 Å². The van der Waals surface area contributed by atoms with Crippen LogP contribution in [0.25, 0.3) is 0 Å². The van der Waals surface area contributed by atoms with E-state index in [1.165, 1.54) is 19.5 Å². The third-order valence-electron chi connectivity index (χ3n) is 4.19. The van der Waals surface area contributed by atoms with Gasteiger partial charge < -0.3 is 10.2 Å². The molecule has 1 aromatic carbocycles. The molecule has 3 unspecified atom stereocenters. The highest BCUT2D eigenvalue weighted by Gasteiger charge is 2.34. The van der Waals surface area contributed by atoms with Crippen molar-refractivity contribution < 1.29 is 4.39 Å². The lowest BCUT2D eigenvalue weighted by atomic mass is 9.93. The van der Waals surface area contributed by atoms with Gasteiger partial charge in [0.25, 0.3) is 0 Å². The van der Waals surface area contributed by atoms with Gasteiger partial charge in [-0.15, -0.1) is 0 Å². The number of hydrogen-bond acceptors (Lipinski definition) is 2. The third kappa shape index (κ3) is 2.04. The first-order valence-electron chi connectivity index (χ1n) is 6.48. The summed E-state index contributed by atoms with van der Waals surface area (Å²) in [6.07, 6.45) is 2.39. The number of benzene rings is 1. The minimum absolute atomic E-state index is 0.120. The van der Waals surface area contributed by atoms with E-state index in [0.717, 1.165) is 18.5 Å². The van der Waals surface area contributed by atoms with Crippen LogP contribution < -0.4 is 5.32 Å². The fraction of sp³-hybridized carbons (Fsp3) is 0.571. The van der Waals surface area contributed by atoms with Gasteiger partial charge in [-0.05, 0) is 43.9 Å². The van der Waals surface area contributed by atoms with E-state index in [1.807, 2.05) is 13.0 Å². The maximum atomic E-state index is 13.8. The Morgan fingerprint density at radius 1 is 1.29 bits per heavy atom. The molecule has 0 aromatic heterocycles. The highest BCUT2D eigenvalue weighted by atomic mass is 19.1. The summed E-state index contributed by atoms with van der Waals surface area (Å²) in [6, 6.07) is 5.73. The molecule has 1 aromatic rings. The first-order chi connectivity index (χ1) is 8.24. The summed E-state index contributed by atoms with van der Waals surface area (Å²) >= 11 is 0. The van der Waals surface area contributed by atoms with E-state index in [0.29, 0.717) is 17.6 Å². The van der Waals surface area contributed by atoms with Gasteiger partial charge in [0.05, 0.1) is 5.69 Å². The Bertz CT molecular complexity index is 398. The zero-order valence-electron chi connectivity index (χ0n) is 10.2. The van der Waals surface area contributed by atoms with E-state index in [1.54, 1.807) is 12.1 Å². The monoisotopic (exact) mass is 234 g/mol. The van der Waals surface area contributed by atoms with Crippen LogP contribution in [0, 0.1) is 18.7 Å². The number of hydrogen-bond donors (Lipinski definition) is 1. The van der Waals surface area contributed by atoms with Crippen molar-refractivity contribution in [1.29, 1.82) is 0 Å². The molecule has 3 rings (SSSR count). The summed E-state index contributed by atoms with van der Waals surface area (Å²) in [6.45, 7) is 5.53. The predicted octanol–water partition coefficient (Wildman–Crippen LogP) is 2.64. The van der Waals surface area contributed by atoms with Crippen LogP contribution in [0.2, 0.25) is 0 Å². The molecule has 0 aliphatic carbocycles. The molecular formula is C14H19FN2. The van der Waals surface area contributed by atoms with Gasteiger partial charge in [-0.1, -0.05) is 12.1 Å². The van der Waals surface area contributed by atoms with Crippen LogP contribution in [0.4, 0.5) is 10.1 Å². The van der Waals surface area contributed by atoms with Crippen LogP contribution in [0.15, 0.2) is 18.2 Å². The van der Waals surface area contributed by atoms with Crippen molar-refractivity contribution in [1.82, 2.24) is 4.90 Å². The zero-order chi connectivity index (χ0) is 11.8. The summed E-state index contributed by atoms with van der Waals surface area (Å²) < 4.78 is 13.8. The second kappa shape index (κ2) is 4.30. The Kier molecular flexibility index (Phi) is 2.79. The number of halogens is 1. The topological polar surface area (TPSA) is 15.3 Å². The molecule has 92 valence electrons. The van der Waals surface area contributed by atoms with Gasteiger partial charge in [0, 0.05) is 19.1 Å². The molecule has 2 nitrogen and oxygen atoms in total. The third-order valence-corrected chi connectivity index (χ3v) is 4.19. The van der Waals surface area contributed by atoms with E-state index in [2.05, 4.69) is 10.2 Å². The minimum Gasteiger partial charge on any atom is -0.379 e. The van der Waals surface area contributed by atoms with Crippen LogP contribution in [-0.2, 0) is 0 Å². The number of rotatable bonds is 2. The number of nitrogens with one attached hydrogen (secondary N) is 1. The van der Waals surface area contributed by atoms with Crippen molar-refractivity contribution in [2.45, 2.75) is 25.8 Å². The second-order valence-corrected chi connectivity index (χ2v) is 5.32. The predicted molar refractivity (Wildman–Crippen MR) is 67.7 cm³/mol. The summed E-state index contributed by atoms with van der Waals surface area (Å²) in [5.74, 6) is 0.577. The lowest BCUT2D eigenvalue weighted by Gasteiger charge is -2.32. The normalized spacial score (nSPS) is 31.5.